The number of rotatable bonds is 12. The molecule has 2 saturated carbocycles. The third kappa shape index (κ3) is 8.89. The Bertz CT molecular complexity index is 2450. The molecular weight excluding hydrogens is 843 g/mol. The number of carbonyl (C=O) groups is 4. The Morgan fingerprint density at radius 1 is 1.05 bits per heavy atom. The number of nitrogens with one attached hydrogen (secondary N) is 6. The Balaban J connectivity index is 0.736. The normalized spacial score (nSPS) is 29.0. The lowest BCUT2D eigenvalue weighted by molar-refractivity contribution is -0.140. The fraction of sp³-hybridized carbons (Fsp3) is 0.556. The summed E-state index contributed by atoms with van der Waals surface area (Å²) >= 11 is 0. The van der Waals surface area contributed by atoms with Crippen molar-refractivity contribution in [3.05, 3.63) is 69.8 Å². The summed E-state index contributed by atoms with van der Waals surface area (Å²) in [5.41, 5.74) is 0.528. The van der Waals surface area contributed by atoms with Gasteiger partial charge < -0.3 is 35.9 Å². The molecule has 0 radical (unpaired) electrons. The molecule has 6 fully saturated rings. The molecular formula is C45H56F2N12O6. The summed E-state index contributed by atoms with van der Waals surface area (Å²) in [6, 6.07) is 5.10. The molecule has 18 nitrogen and oxygen atoms in total. The van der Waals surface area contributed by atoms with Crippen molar-refractivity contribution < 1.29 is 32.7 Å². The van der Waals surface area contributed by atoms with E-state index < -0.39 is 30.0 Å². The maximum absolute atomic E-state index is 13.8. The predicted octanol–water partition coefficient (Wildman–Crippen LogP) is 2.20. The molecule has 1 aromatic carbocycles. The molecule has 346 valence electrons. The number of imidazole rings is 1. The van der Waals surface area contributed by atoms with Gasteiger partial charge in [-0.15, -0.1) is 0 Å². The number of aliphatic imine (C=N–C) groups is 1. The zero-order chi connectivity index (χ0) is 45.5. The molecule has 20 heteroatoms. The zero-order valence-electron chi connectivity index (χ0n) is 36.4. The average Bonchev–Trinajstić information content (AvgIpc) is 4.00. The first-order valence-corrected chi connectivity index (χ1v) is 22.7. The highest BCUT2D eigenvalue weighted by atomic mass is 19.3. The van der Waals surface area contributed by atoms with Gasteiger partial charge in [0.15, 0.2) is 0 Å². The number of halogens is 2. The highest BCUT2D eigenvalue weighted by molar-refractivity contribution is 6.15. The highest BCUT2D eigenvalue weighted by Crippen LogP contribution is 2.45. The Kier molecular flexibility index (Phi) is 12.6. The van der Waals surface area contributed by atoms with Crippen LogP contribution in [0.2, 0.25) is 0 Å². The second kappa shape index (κ2) is 18.5. The van der Waals surface area contributed by atoms with Crippen LogP contribution < -0.4 is 27.0 Å². The maximum Gasteiger partial charge on any atom is 0.329 e. The van der Waals surface area contributed by atoms with Crippen molar-refractivity contribution in [3.63, 3.8) is 0 Å². The van der Waals surface area contributed by atoms with E-state index in [-0.39, 0.29) is 77.5 Å². The van der Waals surface area contributed by atoms with E-state index in [0.717, 1.165) is 69.0 Å². The average molecular weight is 899 g/mol. The van der Waals surface area contributed by atoms with E-state index in [1.54, 1.807) is 23.9 Å². The molecule has 65 heavy (non-hydrogen) atoms. The minimum Gasteiger partial charge on any atom is -0.386 e. The maximum atomic E-state index is 13.8. The van der Waals surface area contributed by atoms with Crippen LogP contribution in [0.15, 0.2) is 63.6 Å². The number of aromatic nitrogens is 2. The lowest BCUT2D eigenvalue weighted by Crippen LogP contribution is -2.52. The van der Waals surface area contributed by atoms with Gasteiger partial charge in [-0.25, -0.2) is 18.6 Å². The summed E-state index contributed by atoms with van der Waals surface area (Å²) in [6.45, 7) is 5.01. The molecule has 2 aromatic rings. The van der Waals surface area contributed by atoms with Crippen LogP contribution in [0, 0.1) is 22.7 Å². The summed E-state index contributed by atoms with van der Waals surface area (Å²) in [4.78, 5) is 76.0. The van der Waals surface area contributed by atoms with Crippen molar-refractivity contribution in [1.82, 2.24) is 45.1 Å². The van der Waals surface area contributed by atoms with Gasteiger partial charge in [-0.2, -0.15) is 0 Å². The first-order chi connectivity index (χ1) is 31.4. The number of hydrogen-bond donors (Lipinski definition) is 6. The SMILES string of the molecule is Cn1c(=O)n(C2CCC(=O)NC2=O)c2cccc([C@H]3C[C@H](C(=O)N4CCN(C[C@H]5CC[C@H](N/C=C(\NC(=O)/C(C=N)=C6\N=C(N7C[C@H]8CC7CO8)C=CN6)C(=N)C(F)F)CC5)CC4)C3)c21. The van der Waals surface area contributed by atoms with E-state index in [9.17, 15) is 32.8 Å². The fourth-order valence-electron chi connectivity index (χ4n) is 10.7. The number of amides is 4. The largest absolute Gasteiger partial charge is 0.386 e. The molecule has 4 saturated heterocycles. The summed E-state index contributed by atoms with van der Waals surface area (Å²) in [7, 11) is 1.70. The van der Waals surface area contributed by atoms with Crippen LogP contribution in [0.4, 0.5) is 8.78 Å². The summed E-state index contributed by atoms with van der Waals surface area (Å²) in [5.74, 6) is -0.310. The van der Waals surface area contributed by atoms with Crippen molar-refractivity contribution in [2.75, 3.05) is 45.9 Å². The van der Waals surface area contributed by atoms with E-state index in [2.05, 4.69) is 36.1 Å². The summed E-state index contributed by atoms with van der Waals surface area (Å²) in [6.07, 6.45) is 8.57. The van der Waals surface area contributed by atoms with Crippen LogP contribution in [0.25, 0.3) is 11.0 Å². The van der Waals surface area contributed by atoms with Crippen LogP contribution in [0.5, 0.6) is 0 Å². The molecule has 4 amide bonds. The van der Waals surface area contributed by atoms with Crippen LogP contribution in [-0.2, 0) is 31.0 Å². The standard InChI is InChI=1S/C45H56F2N12O6/c1-55-39-31(3-2-4-34(39)59(45(55)64)35-9-10-37(60)54-43(35)62)26-17-27(18-26)44(63)57-15-13-56(14-16-57)22-25-5-7-28(8-6-25)51-21-33(38(49)40(46)47)52-42(61)32(20-48)41-50-12-11-36(53-41)58-23-30-19-29(58)24-65-30/h2-4,11-12,20-21,25-30,35,40,48-51H,5-10,13-19,22-24H2,1H3,(H,52,61)(H,54,60,62)/b33-21-,41-32-,48-20?,49-38?/t25-,26-,27-,28-,29?,30-,35?/m1/s1. The van der Waals surface area contributed by atoms with Crippen molar-refractivity contribution in [2.24, 2.45) is 23.9 Å². The number of hydrogen-bond acceptors (Lipinski definition) is 13. The number of para-hydroxylation sites is 1. The second-order valence-corrected chi connectivity index (χ2v) is 18.3. The second-order valence-electron chi connectivity index (χ2n) is 18.3. The van der Waals surface area contributed by atoms with Gasteiger partial charge in [-0.3, -0.25) is 43.9 Å². The van der Waals surface area contributed by atoms with Crippen LogP contribution in [0.1, 0.15) is 75.3 Å². The first kappa shape index (κ1) is 44.2. The Labute approximate surface area is 374 Å². The smallest absolute Gasteiger partial charge is 0.329 e. The number of fused-ring (bicyclic) bond motifs is 3. The first-order valence-electron chi connectivity index (χ1n) is 22.7. The minimum absolute atomic E-state index is 0.0378. The van der Waals surface area contributed by atoms with E-state index in [0.29, 0.717) is 56.4 Å². The molecule has 9 rings (SSSR count). The molecule has 0 spiro atoms. The quantitative estimate of drug-likeness (QED) is 0.104. The number of likely N-dealkylation sites (tertiary alicyclic amines) is 1. The van der Waals surface area contributed by atoms with E-state index in [1.165, 1.54) is 10.8 Å². The van der Waals surface area contributed by atoms with Gasteiger partial charge in [-0.1, -0.05) is 12.1 Å². The van der Waals surface area contributed by atoms with Gasteiger partial charge in [0.2, 0.25) is 17.7 Å². The van der Waals surface area contributed by atoms with E-state index in [4.69, 9.17) is 15.6 Å². The number of morpholine rings is 1. The number of imide groups is 1. The number of allylic oxidation sites excluding steroid dienone is 1. The Hall–Kier alpha value is -6.02. The lowest BCUT2D eigenvalue weighted by Gasteiger charge is -2.42. The fourth-order valence-corrected chi connectivity index (χ4v) is 10.7. The molecule has 6 heterocycles. The number of piperidine rings is 1. The Morgan fingerprint density at radius 2 is 1.82 bits per heavy atom. The van der Waals surface area contributed by atoms with Crippen molar-refractivity contribution in [2.45, 2.75) is 94.4 Å². The number of nitrogens with zero attached hydrogens (tertiary/aromatic N) is 6. The van der Waals surface area contributed by atoms with Crippen molar-refractivity contribution >= 4 is 52.4 Å². The van der Waals surface area contributed by atoms with Gasteiger partial charge in [0.1, 0.15) is 23.4 Å². The van der Waals surface area contributed by atoms with Gasteiger partial charge in [0.05, 0.1) is 41.1 Å². The number of carbonyl (C=O) groups excluding carboxylic acids is 4. The number of alkyl halides is 2. The van der Waals surface area contributed by atoms with E-state index >= 15 is 0 Å². The number of benzene rings is 1. The summed E-state index contributed by atoms with van der Waals surface area (Å²) < 4.78 is 36.4. The molecule has 2 aliphatic carbocycles. The molecule has 2 bridgehead atoms. The minimum atomic E-state index is -3.13. The van der Waals surface area contributed by atoms with Crippen molar-refractivity contribution in [3.8, 4) is 0 Å². The van der Waals surface area contributed by atoms with Gasteiger partial charge in [0.25, 0.3) is 12.3 Å². The lowest BCUT2D eigenvalue weighted by atomic mass is 9.70. The molecule has 2 unspecified atom stereocenters. The van der Waals surface area contributed by atoms with Crippen LogP contribution >= 0.6 is 0 Å². The number of amidine groups is 1. The molecule has 1 aromatic heterocycles. The topological polar surface area (TPSA) is 222 Å². The summed E-state index contributed by atoms with van der Waals surface area (Å²) in [5, 5.41) is 26.9. The molecule has 5 aliphatic heterocycles. The molecule has 6 N–H and O–H groups in total. The van der Waals surface area contributed by atoms with E-state index in [1.807, 2.05) is 23.1 Å². The van der Waals surface area contributed by atoms with Gasteiger partial charge in [0, 0.05) is 83.3 Å². The zero-order valence-corrected chi connectivity index (χ0v) is 36.4. The molecule has 7 aliphatic rings. The highest BCUT2D eigenvalue weighted by Gasteiger charge is 2.42. The third-order valence-corrected chi connectivity index (χ3v) is 14.4. The monoisotopic (exact) mass is 898 g/mol. The number of piperazine rings is 1. The van der Waals surface area contributed by atoms with Gasteiger partial charge >= 0.3 is 5.69 Å². The van der Waals surface area contributed by atoms with Crippen LogP contribution in [-0.4, -0.2) is 136 Å². The van der Waals surface area contributed by atoms with Gasteiger partial charge in [-0.05, 0) is 80.9 Å². The number of aryl methyl sites for hydroxylation is 1. The third-order valence-electron chi connectivity index (χ3n) is 14.4. The predicted molar refractivity (Wildman–Crippen MR) is 236 cm³/mol. The van der Waals surface area contributed by atoms with Crippen molar-refractivity contribution in [1.29, 1.82) is 10.8 Å². The molecule has 3 atom stereocenters. The Morgan fingerprint density at radius 3 is 2.49 bits per heavy atom. The van der Waals surface area contributed by atoms with Crippen LogP contribution in [0.3, 0.4) is 0 Å². The number of ether oxygens (including phenoxy) is 1.